The summed E-state index contributed by atoms with van der Waals surface area (Å²) in [7, 11) is 0. The molecule has 0 radical (unpaired) electrons. The highest BCUT2D eigenvalue weighted by atomic mass is 19.1. The van der Waals surface area contributed by atoms with Crippen molar-refractivity contribution in [2.24, 2.45) is 0 Å². The molecule has 1 amide bonds. The Labute approximate surface area is 162 Å². The van der Waals surface area contributed by atoms with E-state index in [0.717, 1.165) is 22.7 Å². The van der Waals surface area contributed by atoms with Crippen molar-refractivity contribution in [1.29, 1.82) is 0 Å². The molecule has 0 atom stereocenters. The molecule has 3 rings (SSSR count). The first-order valence-electron chi connectivity index (χ1n) is 8.64. The molecular weight excluding hydrogens is 388 g/mol. The van der Waals surface area contributed by atoms with Crippen molar-refractivity contribution >= 4 is 11.4 Å². The Hall–Kier alpha value is -3.53. The number of rotatable bonds is 6. The number of aliphatic hydroxyl groups excluding tert-OH is 1. The zero-order valence-corrected chi connectivity index (χ0v) is 15.1. The van der Waals surface area contributed by atoms with E-state index in [1.54, 1.807) is 0 Å². The summed E-state index contributed by atoms with van der Waals surface area (Å²) in [5, 5.41) is 21.4. The molecule has 3 N–H and O–H groups in total. The number of nitrogens with one attached hydrogen (secondary N) is 1. The van der Waals surface area contributed by atoms with Crippen LogP contribution in [0.15, 0.2) is 46.4 Å². The third-order valence-corrected chi connectivity index (χ3v) is 4.34. The van der Waals surface area contributed by atoms with Gasteiger partial charge in [-0.2, -0.15) is 0 Å². The number of carbonyl (C=O) groups excluding carboxylic acids is 1. The molecule has 1 aromatic carbocycles. The number of aromatic nitrogens is 2. The molecule has 2 heterocycles. The van der Waals surface area contributed by atoms with Crippen LogP contribution in [0.5, 0.6) is 5.75 Å². The molecule has 0 saturated heterocycles. The Morgan fingerprint density at radius 1 is 1.17 bits per heavy atom. The summed E-state index contributed by atoms with van der Waals surface area (Å²) in [4.78, 5) is 37.2. The number of benzene rings is 1. The quantitative estimate of drug-likeness (QED) is 0.560. The lowest BCUT2D eigenvalue weighted by molar-refractivity contribution is 0.0948. The number of fused-ring (bicyclic) bond motifs is 1. The topological polar surface area (TPSA) is 113 Å². The fourth-order valence-corrected chi connectivity index (χ4v) is 2.82. The molecule has 152 valence electrons. The first-order valence-corrected chi connectivity index (χ1v) is 8.64. The fourth-order valence-electron chi connectivity index (χ4n) is 2.82. The maximum atomic E-state index is 13.7. The van der Waals surface area contributed by atoms with Crippen LogP contribution in [-0.2, 0) is 13.1 Å². The summed E-state index contributed by atoms with van der Waals surface area (Å²) in [5.41, 5.74) is -2.46. The van der Waals surface area contributed by atoms with E-state index in [4.69, 9.17) is 5.11 Å². The maximum Gasteiger partial charge on any atom is 0.278 e. The molecule has 10 heteroatoms. The highest BCUT2D eigenvalue weighted by Gasteiger charge is 2.19. The zero-order valence-electron chi connectivity index (χ0n) is 15.1. The average Bonchev–Trinajstić information content (AvgIpc) is 2.69. The van der Waals surface area contributed by atoms with Crippen LogP contribution in [-0.4, -0.2) is 31.7 Å². The minimum atomic E-state index is -1.06. The molecule has 8 nitrogen and oxygen atoms in total. The molecule has 2 aromatic heterocycles. The van der Waals surface area contributed by atoms with Gasteiger partial charge in [0.05, 0.1) is 0 Å². The van der Waals surface area contributed by atoms with Gasteiger partial charge in [0, 0.05) is 49.9 Å². The second-order valence-electron chi connectivity index (χ2n) is 6.27. The van der Waals surface area contributed by atoms with Crippen LogP contribution in [0.4, 0.5) is 8.78 Å². The van der Waals surface area contributed by atoms with Gasteiger partial charge in [0.2, 0.25) is 5.43 Å². The number of amides is 1. The number of hydrogen-bond donors (Lipinski definition) is 3. The average molecular weight is 405 g/mol. The molecule has 0 aliphatic heterocycles. The Kier molecular flexibility index (Phi) is 5.74. The lowest BCUT2D eigenvalue weighted by atomic mass is 10.2. The first kappa shape index (κ1) is 20.2. The Bertz CT molecular complexity index is 1200. The van der Waals surface area contributed by atoms with E-state index in [-0.39, 0.29) is 30.8 Å². The third-order valence-electron chi connectivity index (χ3n) is 4.34. The minimum absolute atomic E-state index is 0.0108. The van der Waals surface area contributed by atoms with Crippen LogP contribution in [0.25, 0.3) is 5.52 Å². The molecule has 0 bridgehead atoms. The number of pyridine rings is 1. The number of aryl methyl sites for hydroxylation is 1. The molecule has 0 saturated carbocycles. The largest absolute Gasteiger partial charge is 0.503 e. The SMILES string of the molecule is O=C(NCc1ccc(F)cc1F)c1cn2ccn(CCCO)c(=O)c2c(O)c1=O. The smallest absolute Gasteiger partial charge is 0.278 e. The Morgan fingerprint density at radius 3 is 2.62 bits per heavy atom. The molecule has 0 unspecified atom stereocenters. The summed E-state index contributed by atoms with van der Waals surface area (Å²) in [6.07, 6.45) is 4.17. The van der Waals surface area contributed by atoms with Crippen molar-refractivity contribution in [3.05, 3.63) is 80.1 Å². The van der Waals surface area contributed by atoms with Gasteiger partial charge >= 0.3 is 0 Å². The van der Waals surface area contributed by atoms with Gasteiger partial charge in [-0.1, -0.05) is 6.07 Å². The Morgan fingerprint density at radius 2 is 1.93 bits per heavy atom. The highest BCUT2D eigenvalue weighted by Crippen LogP contribution is 2.12. The molecular formula is C19H17F2N3O5. The molecule has 29 heavy (non-hydrogen) atoms. The van der Waals surface area contributed by atoms with Crippen LogP contribution in [0.1, 0.15) is 22.3 Å². The minimum Gasteiger partial charge on any atom is -0.503 e. The highest BCUT2D eigenvalue weighted by molar-refractivity contribution is 5.94. The molecule has 3 aromatic rings. The van der Waals surface area contributed by atoms with E-state index in [2.05, 4.69) is 5.32 Å². The van der Waals surface area contributed by atoms with Gasteiger partial charge in [-0.15, -0.1) is 0 Å². The van der Waals surface area contributed by atoms with Gasteiger partial charge in [-0.25, -0.2) is 8.78 Å². The predicted molar refractivity (Wildman–Crippen MR) is 98.8 cm³/mol. The van der Waals surface area contributed by atoms with Crippen LogP contribution in [0, 0.1) is 11.6 Å². The van der Waals surface area contributed by atoms with Gasteiger partial charge in [0.1, 0.15) is 17.2 Å². The van der Waals surface area contributed by atoms with E-state index in [9.17, 15) is 28.3 Å². The molecule has 0 aliphatic rings. The zero-order chi connectivity index (χ0) is 21.1. The van der Waals surface area contributed by atoms with Crippen molar-refractivity contribution in [3.8, 4) is 5.75 Å². The van der Waals surface area contributed by atoms with Gasteiger partial charge in [-0.05, 0) is 12.5 Å². The van der Waals surface area contributed by atoms with Crippen LogP contribution in [0.2, 0.25) is 0 Å². The summed E-state index contributed by atoms with van der Waals surface area (Å²) in [5.74, 6) is -3.41. The van der Waals surface area contributed by atoms with E-state index in [1.165, 1.54) is 17.0 Å². The number of aliphatic hydroxyl groups is 1. The second-order valence-corrected chi connectivity index (χ2v) is 6.27. The normalized spacial score (nSPS) is 11.0. The molecule has 0 spiro atoms. The lowest BCUT2D eigenvalue weighted by Gasteiger charge is -2.11. The van der Waals surface area contributed by atoms with Crippen molar-refractivity contribution in [1.82, 2.24) is 14.3 Å². The number of nitrogens with zero attached hydrogens (tertiary/aromatic N) is 2. The van der Waals surface area contributed by atoms with E-state index >= 15 is 0 Å². The van der Waals surface area contributed by atoms with Crippen LogP contribution >= 0.6 is 0 Å². The van der Waals surface area contributed by atoms with E-state index in [1.807, 2.05) is 0 Å². The standard InChI is InChI=1S/C19H17F2N3O5/c20-12-3-2-11(14(21)8-12)9-22-18(28)13-10-24-6-5-23(4-1-7-25)19(29)15(24)17(27)16(13)26/h2-3,5-6,8,10,25,27H,1,4,7,9H2,(H,22,28). The number of halogens is 2. The van der Waals surface area contributed by atoms with Gasteiger partial charge in [-0.3, -0.25) is 14.4 Å². The van der Waals surface area contributed by atoms with Crippen molar-refractivity contribution < 1.29 is 23.8 Å². The monoisotopic (exact) mass is 405 g/mol. The number of hydrogen-bond acceptors (Lipinski definition) is 5. The summed E-state index contributed by atoms with van der Waals surface area (Å²) in [6, 6.07) is 2.85. The van der Waals surface area contributed by atoms with Crippen molar-refractivity contribution in [2.75, 3.05) is 6.61 Å². The molecule has 0 aliphatic carbocycles. The number of carbonyl (C=O) groups is 1. The van der Waals surface area contributed by atoms with Crippen molar-refractivity contribution in [3.63, 3.8) is 0 Å². The van der Waals surface area contributed by atoms with E-state index in [0.29, 0.717) is 12.5 Å². The molecule has 0 fully saturated rings. The summed E-state index contributed by atoms with van der Waals surface area (Å²) < 4.78 is 29.0. The lowest BCUT2D eigenvalue weighted by Crippen LogP contribution is -2.31. The van der Waals surface area contributed by atoms with Gasteiger partial charge < -0.3 is 24.5 Å². The van der Waals surface area contributed by atoms with Gasteiger partial charge in [0.15, 0.2) is 11.3 Å². The number of aromatic hydroxyl groups is 1. The predicted octanol–water partition coefficient (Wildman–Crippen LogP) is 0.757. The Balaban J connectivity index is 1.93. The van der Waals surface area contributed by atoms with Crippen LogP contribution in [0.3, 0.4) is 0 Å². The fraction of sp³-hybridized carbons (Fsp3) is 0.211. The first-order chi connectivity index (χ1) is 13.8. The van der Waals surface area contributed by atoms with E-state index < -0.39 is 39.8 Å². The summed E-state index contributed by atoms with van der Waals surface area (Å²) in [6.45, 7) is -0.258. The maximum absolute atomic E-state index is 13.7. The van der Waals surface area contributed by atoms with Gasteiger partial charge in [0.25, 0.3) is 11.5 Å². The summed E-state index contributed by atoms with van der Waals surface area (Å²) >= 11 is 0. The third kappa shape index (κ3) is 4.02. The van der Waals surface area contributed by atoms with Crippen molar-refractivity contribution in [2.45, 2.75) is 19.5 Å². The second kappa shape index (κ2) is 8.23. The van der Waals surface area contributed by atoms with Crippen LogP contribution < -0.4 is 16.3 Å².